The molecule has 136 valence electrons. The van der Waals surface area contributed by atoms with Crippen molar-refractivity contribution in [2.45, 2.75) is 13.5 Å². The van der Waals surface area contributed by atoms with Gasteiger partial charge in [-0.25, -0.2) is 0 Å². The number of nitriles is 1. The van der Waals surface area contributed by atoms with Crippen molar-refractivity contribution in [3.63, 3.8) is 0 Å². The molecule has 0 aromatic carbocycles. The number of nitrogens with one attached hydrogen (secondary N) is 1. The van der Waals surface area contributed by atoms with Gasteiger partial charge in [-0.05, 0) is 19.1 Å². The number of ether oxygens (including phenoxy) is 1. The second kappa shape index (κ2) is 8.99. The summed E-state index contributed by atoms with van der Waals surface area (Å²) in [4.78, 5) is 25.0. The van der Waals surface area contributed by atoms with E-state index in [1.807, 2.05) is 6.07 Å². The molecule has 2 rings (SSSR count). The predicted octanol–water partition coefficient (Wildman–Crippen LogP) is 0.263. The molecule has 1 amide bonds. The number of carbonyl (C=O) groups is 1. The standard InChI is InChI=1S/C18H19N3O4S/c1-4-8-21-17(23)15(10-13-6-5-12(2)25-13)26-18(21)14(11-19)16(22)20-7-9-24-3/h4-6,10H,1,7-9H2,2-3H3,(H,20,22)/b15-10-,18-14-. The number of aromatic nitrogens is 1. The Morgan fingerprint density at radius 2 is 2.31 bits per heavy atom. The Bertz CT molecular complexity index is 1020. The van der Waals surface area contributed by atoms with E-state index in [-0.39, 0.29) is 28.9 Å². The van der Waals surface area contributed by atoms with Gasteiger partial charge in [-0.15, -0.1) is 17.9 Å². The minimum atomic E-state index is -0.552. The van der Waals surface area contributed by atoms with Gasteiger partial charge in [-0.3, -0.25) is 14.2 Å². The maximum atomic E-state index is 12.7. The van der Waals surface area contributed by atoms with Crippen molar-refractivity contribution in [1.82, 2.24) is 9.88 Å². The molecule has 8 heteroatoms. The van der Waals surface area contributed by atoms with Gasteiger partial charge in [0, 0.05) is 26.3 Å². The van der Waals surface area contributed by atoms with E-state index in [4.69, 9.17) is 9.15 Å². The van der Waals surface area contributed by atoms with Gasteiger partial charge in [0.2, 0.25) is 0 Å². The van der Waals surface area contributed by atoms with Crippen LogP contribution in [-0.4, -0.2) is 30.7 Å². The highest BCUT2D eigenvalue weighted by Gasteiger charge is 2.15. The third-order valence-corrected chi connectivity index (χ3v) is 4.53. The summed E-state index contributed by atoms with van der Waals surface area (Å²) in [7, 11) is 1.51. The summed E-state index contributed by atoms with van der Waals surface area (Å²) in [6, 6.07) is 5.43. The number of furan rings is 1. The zero-order chi connectivity index (χ0) is 19.1. The lowest BCUT2D eigenvalue weighted by molar-refractivity contribution is -0.115. The van der Waals surface area contributed by atoms with Crippen LogP contribution in [0.25, 0.3) is 11.6 Å². The first-order valence-corrected chi connectivity index (χ1v) is 8.63. The summed E-state index contributed by atoms with van der Waals surface area (Å²) in [5.74, 6) is 0.700. The molecule has 2 aromatic heterocycles. The number of thiazole rings is 1. The van der Waals surface area contributed by atoms with E-state index in [0.29, 0.717) is 16.9 Å². The number of amides is 1. The van der Waals surface area contributed by atoms with Crippen LogP contribution in [0.5, 0.6) is 0 Å². The Hall–Kier alpha value is -2.89. The number of aryl methyl sites for hydroxylation is 1. The van der Waals surface area contributed by atoms with Crippen LogP contribution in [0.3, 0.4) is 0 Å². The average Bonchev–Trinajstić information content (AvgIpc) is 3.15. The van der Waals surface area contributed by atoms with Crippen LogP contribution in [-0.2, 0) is 16.1 Å². The molecule has 0 unspecified atom stereocenters. The SMILES string of the molecule is C=CCn1c(=O)/c(=C/c2ccc(C)o2)s/c1=C(/C#N)C(=O)NCCOC. The van der Waals surface area contributed by atoms with Gasteiger partial charge >= 0.3 is 0 Å². The predicted molar refractivity (Wildman–Crippen MR) is 98.9 cm³/mol. The number of rotatable bonds is 7. The molecule has 0 aliphatic rings. The van der Waals surface area contributed by atoms with Gasteiger partial charge in [0.05, 0.1) is 11.1 Å². The highest BCUT2D eigenvalue weighted by atomic mass is 32.1. The minimum Gasteiger partial charge on any atom is -0.462 e. The number of nitrogens with zero attached hydrogens (tertiary/aromatic N) is 2. The van der Waals surface area contributed by atoms with Crippen LogP contribution >= 0.6 is 11.3 Å². The molecule has 0 radical (unpaired) electrons. The molecule has 0 aliphatic heterocycles. The number of carbonyl (C=O) groups excluding carboxylic acids is 1. The molecule has 0 fully saturated rings. The van der Waals surface area contributed by atoms with Crippen LogP contribution < -0.4 is 20.1 Å². The lowest BCUT2D eigenvalue weighted by Gasteiger charge is -2.03. The molecule has 0 bridgehead atoms. The third kappa shape index (κ3) is 4.39. The highest BCUT2D eigenvalue weighted by molar-refractivity contribution is 7.07. The summed E-state index contributed by atoms with van der Waals surface area (Å²) in [5.41, 5.74) is -0.434. The number of allylic oxidation sites excluding steroid dienone is 1. The number of hydrogen-bond donors (Lipinski definition) is 1. The fraction of sp³-hybridized carbons (Fsp3) is 0.278. The zero-order valence-corrected chi connectivity index (χ0v) is 15.4. The van der Waals surface area contributed by atoms with Gasteiger partial charge in [0.25, 0.3) is 11.5 Å². The summed E-state index contributed by atoms with van der Waals surface area (Å²) < 4.78 is 12.3. The normalized spacial score (nSPS) is 12.6. The fourth-order valence-electron chi connectivity index (χ4n) is 2.21. The van der Waals surface area contributed by atoms with E-state index < -0.39 is 5.91 Å². The van der Waals surface area contributed by atoms with Crippen molar-refractivity contribution in [2.24, 2.45) is 0 Å². The zero-order valence-electron chi connectivity index (χ0n) is 14.6. The molecular weight excluding hydrogens is 354 g/mol. The Labute approximate surface area is 154 Å². The van der Waals surface area contributed by atoms with E-state index in [0.717, 1.165) is 17.1 Å². The molecule has 0 atom stereocenters. The van der Waals surface area contributed by atoms with Gasteiger partial charge in [0.15, 0.2) is 5.57 Å². The second-order valence-electron chi connectivity index (χ2n) is 5.30. The molecule has 0 spiro atoms. The third-order valence-electron chi connectivity index (χ3n) is 3.40. The van der Waals surface area contributed by atoms with Crippen LogP contribution in [0.2, 0.25) is 0 Å². The summed E-state index contributed by atoms with van der Waals surface area (Å²) >= 11 is 1.07. The van der Waals surface area contributed by atoms with Crippen molar-refractivity contribution in [1.29, 1.82) is 5.26 Å². The quantitative estimate of drug-likeness (QED) is 0.555. The van der Waals surface area contributed by atoms with Gasteiger partial charge < -0.3 is 14.5 Å². The summed E-state index contributed by atoms with van der Waals surface area (Å²) in [5, 5.41) is 12.0. The van der Waals surface area contributed by atoms with Crippen LogP contribution in [0.1, 0.15) is 11.5 Å². The lowest BCUT2D eigenvalue weighted by atomic mass is 10.3. The van der Waals surface area contributed by atoms with Crippen LogP contribution in [0, 0.1) is 18.3 Å². The van der Waals surface area contributed by atoms with E-state index >= 15 is 0 Å². The molecule has 0 saturated carbocycles. The first kappa shape index (κ1) is 19.4. The molecule has 2 aromatic rings. The van der Waals surface area contributed by atoms with E-state index in [2.05, 4.69) is 11.9 Å². The molecule has 26 heavy (non-hydrogen) atoms. The van der Waals surface area contributed by atoms with Crippen molar-refractivity contribution < 1.29 is 13.9 Å². The van der Waals surface area contributed by atoms with Gasteiger partial charge in [-0.2, -0.15) is 5.26 Å². The van der Waals surface area contributed by atoms with Crippen molar-refractivity contribution >= 4 is 28.9 Å². The molecule has 1 N–H and O–H groups in total. The smallest absolute Gasteiger partial charge is 0.269 e. The Balaban J connectivity index is 2.63. The molecular formula is C18H19N3O4S. The Morgan fingerprint density at radius 1 is 1.54 bits per heavy atom. The maximum Gasteiger partial charge on any atom is 0.269 e. The van der Waals surface area contributed by atoms with Crippen molar-refractivity contribution in [3.8, 4) is 6.07 Å². The van der Waals surface area contributed by atoms with Crippen molar-refractivity contribution in [2.75, 3.05) is 20.3 Å². The lowest BCUT2D eigenvalue weighted by Crippen LogP contribution is -2.35. The monoisotopic (exact) mass is 373 g/mol. The molecule has 0 aliphatic carbocycles. The van der Waals surface area contributed by atoms with Crippen molar-refractivity contribution in [3.05, 3.63) is 55.9 Å². The van der Waals surface area contributed by atoms with Gasteiger partial charge in [-0.1, -0.05) is 6.08 Å². The maximum absolute atomic E-state index is 12.7. The summed E-state index contributed by atoms with van der Waals surface area (Å²) in [6.45, 7) is 6.21. The fourth-order valence-corrected chi connectivity index (χ4v) is 3.30. The minimum absolute atomic E-state index is 0.125. The molecule has 7 nitrogen and oxygen atoms in total. The number of hydrogen-bond acceptors (Lipinski definition) is 6. The van der Waals surface area contributed by atoms with E-state index in [1.54, 1.807) is 25.1 Å². The average molecular weight is 373 g/mol. The molecule has 2 heterocycles. The van der Waals surface area contributed by atoms with E-state index in [1.165, 1.54) is 17.8 Å². The number of methoxy groups -OCH3 is 1. The van der Waals surface area contributed by atoms with Crippen LogP contribution in [0.15, 0.2) is 34.0 Å². The summed E-state index contributed by atoms with van der Waals surface area (Å²) in [6.07, 6.45) is 3.14. The Kier molecular flexibility index (Phi) is 6.72. The largest absolute Gasteiger partial charge is 0.462 e. The molecule has 0 saturated heterocycles. The first-order chi connectivity index (χ1) is 12.5. The topological polar surface area (TPSA) is 97.3 Å². The first-order valence-electron chi connectivity index (χ1n) is 7.82. The van der Waals surface area contributed by atoms with E-state index in [9.17, 15) is 14.9 Å². The second-order valence-corrected chi connectivity index (χ2v) is 6.33. The van der Waals surface area contributed by atoms with Crippen LogP contribution in [0.4, 0.5) is 0 Å². The highest BCUT2D eigenvalue weighted by Crippen LogP contribution is 2.06. The Morgan fingerprint density at radius 3 is 2.88 bits per heavy atom. The van der Waals surface area contributed by atoms with Gasteiger partial charge in [0.1, 0.15) is 22.3 Å².